The van der Waals surface area contributed by atoms with Gasteiger partial charge < -0.3 is 21.5 Å². The summed E-state index contributed by atoms with van der Waals surface area (Å²) in [6, 6.07) is 0. The van der Waals surface area contributed by atoms with Gasteiger partial charge in [-0.3, -0.25) is 0 Å². The van der Waals surface area contributed by atoms with Crippen molar-refractivity contribution in [1.82, 2.24) is 0 Å². The van der Waals surface area contributed by atoms with E-state index in [4.69, 9.17) is 0 Å². The third kappa shape index (κ3) is 10.5. The number of hydrogen-bond acceptors (Lipinski definition) is 1. The molecule has 0 saturated carbocycles. The fraction of sp³-hybridized carbons (Fsp3) is 1.00. The molecule has 1 fully saturated rings. The van der Waals surface area contributed by atoms with E-state index in [0.29, 0.717) is 0 Å². The highest BCUT2D eigenvalue weighted by Gasteiger charge is 2.23. The molecule has 122 valence electrons. The molecule has 20 heavy (non-hydrogen) atoms. The van der Waals surface area contributed by atoms with Gasteiger partial charge in [0.2, 0.25) is 0 Å². The Morgan fingerprint density at radius 2 is 1.15 bits per heavy atom. The second kappa shape index (κ2) is 13.5. The molecule has 1 aliphatic heterocycles. The monoisotopic (exact) mass is 365 g/mol. The maximum Gasteiger partial charge on any atom is 0.0784 e. The van der Waals surface area contributed by atoms with Crippen LogP contribution in [0.2, 0.25) is 0 Å². The number of thiol groups is 1. The lowest BCUT2D eigenvalue weighted by Crippen LogP contribution is -3.00. The molecular weight excluding hydrogens is 330 g/mol. The lowest BCUT2D eigenvalue weighted by atomic mass is 10.1. The minimum Gasteiger partial charge on any atom is -1.00 e. The first-order chi connectivity index (χ1) is 9.27. The molecule has 1 aliphatic rings. The quantitative estimate of drug-likeness (QED) is 0.323. The van der Waals surface area contributed by atoms with Crippen LogP contribution >= 0.6 is 12.6 Å². The molecule has 0 bridgehead atoms. The van der Waals surface area contributed by atoms with Crippen LogP contribution in [0.1, 0.15) is 77.0 Å². The fourth-order valence-electron chi connectivity index (χ4n) is 3.34. The Morgan fingerprint density at radius 1 is 0.700 bits per heavy atom. The number of hydrogen-bond donors (Lipinski definition) is 1. The van der Waals surface area contributed by atoms with Gasteiger partial charge in [-0.05, 0) is 44.3 Å². The zero-order valence-corrected chi connectivity index (χ0v) is 16.1. The van der Waals surface area contributed by atoms with Crippen LogP contribution in [0.5, 0.6) is 0 Å². The zero-order chi connectivity index (χ0) is 13.8. The van der Waals surface area contributed by atoms with E-state index >= 15 is 0 Å². The van der Waals surface area contributed by atoms with Crippen LogP contribution in [-0.4, -0.2) is 36.9 Å². The van der Waals surface area contributed by atoms with Crippen LogP contribution in [-0.2, 0) is 0 Å². The highest BCUT2D eigenvalue weighted by Crippen LogP contribution is 2.18. The van der Waals surface area contributed by atoms with Crippen molar-refractivity contribution in [2.45, 2.75) is 77.0 Å². The zero-order valence-electron chi connectivity index (χ0n) is 13.6. The number of unbranched alkanes of at least 4 members (excludes halogenated alkanes) is 8. The first kappa shape index (κ1) is 20.8. The van der Waals surface area contributed by atoms with Crippen molar-refractivity contribution >= 4 is 12.6 Å². The molecule has 0 aromatic carbocycles. The maximum absolute atomic E-state index is 4.25. The normalized spacial score (nSPS) is 17.7. The van der Waals surface area contributed by atoms with E-state index in [2.05, 4.69) is 19.7 Å². The molecule has 3 heteroatoms. The third-order valence-corrected chi connectivity index (χ3v) is 5.07. The molecule has 0 amide bonds. The smallest absolute Gasteiger partial charge is 0.0784 e. The van der Waals surface area contributed by atoms with E-state index in [1.54, 1.807) is 0 Å². The summed E-state index contributed by atoms with van der Waals surface area (Å²) in [6.45, 7) is 4.30. The van der Waals surface area contributed by atoms with Crippen LogP contribution in [0.3, 0.4) is 0 Å². The molecule has 0 aromatic heterocycles. The van der Waals surface area contributed by atoms with Crippen LogP contribution in [0.15, 0.2) is 0 Å². The van der Waals surface area contributed by atoms with E-state index in [-0.39, 0.29) is 17.0 Å². The van der Waals surface area contributed by atoms with E-state index in [1.165, 1.54) is 101 Å². The fourth-order valence-corrected chi connectivity index (χ4v) is 3.57. The van der Waals surface area contributed by atoms with E-state index in [0.717, 1.165) is 5.75 Å². The minimum absolute atomic E-state index is 0. The van der Waals surface area contributed by atoms with Crippen molar-refractivity contribution in [3.63, 3.8) is 0 Å². The second-order valence-corrected chi connectivity index (χ2v) is 7.20. The summed E-state index contributed by atoms with van der Waals surface area (Å²) in [4.78, 5) is 0. The predicted octanol–water partition coefficient (Wildman–Crippen LogP) is 2.06. The van der Waals surface area contributed by atoms with E-state index in [9.17, 15) is 0 Å². The molecule has 0 aliphatic carbocycles. The molecule has 1 rings (SSSR count). The van der Waals surface area contributed by atoms with Gasteiger partial charge in [0, 0.05) is 0 Å². The highest BCUT2D eigenvalue weighted by atomic mass is 79.9. The van der Waals surface area contributed by atoms with Gasteiger partial charge in [-0.15, -0.1) is 0 Å². The van der Waals surface area contributed by atoms with Crippen LogP contribution in [0, 0.1) is 0 Å². The van der Waals surface area contributed by atoms with Gasteiger partial charge in [-0.25, -0.2) is 0 Å². The summed E-state index contributed by atoms with van der Waals surface area (Å²) in [5.41, 5.74) is 0. The first-order valence-corrected chi connectivity index (χ1v) is 9.34. The molecular formula is C17H36BrNS. The van der Waals surface area contributed by atoms with Crippen LogP contribution in [0.4, 0.5) is 0 Å². The summed E-state index contributed by atoms with van der Waals surface area (Å²) in [5.74, 6) is 1.07. The maximum atomic E-state index is 4.25. The molecule has 0 spiro atoms. The molecule has 1 heterocycles. The van der Waals surface area contributed by atoms with Gasteiger partial charge in [-0.2, -0.15) is 12.6 Å². The lowest BCUT2D eigenvalue weighted by Gasteiger charge is -2.37. The number of likely N-dealkylation sites (tertiary alicyclic amines) is 1. The van der Waals surface area contributed by atoms with Crippen molar-refractivity contribution in [3.05, 3.63) is 0 Å². The Labute approximate surface area is 143 Å². The number of nitrogens with zero attached hydrogens (tertiary/aromatic N) is 1. The van der Waals surface area contributed by atoms with Gasteiger partial charge in [0.15, 0.2) is 0 Å². The van der Waals surface area contributed by atoms with Gasteiger partial charge in [0.1, 0.15) is 0 Å². The SMILES string of the molecule is C[N+]1(CCCCCCCCCCCS)CCCCC1.[Br-]. The van der Waals surface area contributed by atoms with E-state index in [1.807, 2.05) is 0 Å². The van der Waals surface area contributed by atoms with Crippen LogP contribution < -0.4 is 17.0 Å². The first-order valence-electron chi connectivity index (χ1n) is 8.71. The Balaban J connectivity index is 0.00000361. The van der Waals surface area contributed by atoms with Gasteiger partial charge >= 0.3 is 0 Å². The molecule has 1 nitrogen and oxygen atoms in total. The summed E-state index contributed by atoms with van der Waals surface area (Å²) >= 11 is 4.25. The Kier molecular flexibility index (Phi) is 14.0. The topological polar surface area (TPSA) is 0 Å². The van der Waals surface area contributed by atoms with Gasteiger partial charge in [-0.1, -0.05) is 38.5 Å². The van der Waals surface area contributed by atoms with Crippen molar-refractivity contribution < 1.29 is 21.5 Å². The van der Waals surface area contributed by atoms with Gasteiger partial charge in [0.25, 0.3) is 0 Å². The Hall–Kier alpha value is 0.790. The average Bonchev–Trinajstić information content (AvgIpc) is 2.42. The van der Waals surface area contributed by atoms with Crippen molar-refractivity contribution in [2.24, 2.45) is 0 Å². The standard InChI is InChI=1S/C17H35NS.BrH/c1-18(15-11-9-12-16-18)14-10-7-5-3-2-4-6-8-13-17-19;/h2-17H2,1H3;1H. The van der Waals surface area contributed by atoms with E-state index < -0.39 is 0 Å². The summed E-state index contributed by atoms with van der Waals surface area (Å²) in [6.07, 6.45) is 17.3. The third-order valence-electron chi connectivity index (χ3n) is 4.75. The molecule has 0 atom stereocenters. The lowest BCUT2D eigenvalue weighted by molar-refractivity contribution is -0.914. The molecule has 0 unspecified atom stereocenters. The Bertz CT molecular complexity index is 205. The number of quaternary nitrogens is 1. The molecule has 0 N–H and O–H groups in total. The summed E-state index contributed by atoms with van der Waals surface area (Å²) in [7, 11) is 2.47. The number of halogens is 1. The summed E-state index contributed by atoms with van der Waals surface area (Å²) in [5, 5.41) is 0. The number of rotatable bonds is 11. The highest BCUT2D eigenvalue weighted by molar-refractivity contribution is 7.80. The molecule has 0 radical (unpaired) electrons. The Morgan fingerprint density at radius 3 is 1.65 bits per heavy atom. The second-order valence-electron chi connectivity index (χ2n) is 6.76. The predicted molar refractivity (Wildman–Crippen MR) is 90.0 cm³/mol. The minimum atomic E-state index is 0. The van der Waals surface area contributed by atoms with Crippen molar-refractivity contribution in [3.8, 4) is 0 Å². The van der Waals surface area contributed by atoms with Crippen LogP contribution in [0.25, 0.3) is 0 Å². The largest absolute Gasteiger partial charge is 1.00 e. The van der Waals surface area contributed by atoms with Gasteiger partial charge in [0.05, 0.1) is 26.7 Å². The average molecular weight is 366 g/mol. The molecule has 1 saturated heterocycles. The number of piperidine rings is 1. The van der Waals surface area contributed by atoms with Crippen molar-refractivity contribution in [2.75, 3.05) is 32.4 Å². The van der Waals surface area contributed by atoms with Crippen molar-refractivity contribution in [1.29, 1.82) is 0 Å². The summed E-state index contributed by atoms with van der Waals surface area (Å²) < 4.78 is 1.36. The molecule has 0 aromatic rings.